The molecule has 1 fully saturated rings. The van der Waals surface area contributed by atoms with E-state index in [1.54, 1.807) is 107 Å². The second-order valence-electron chi connectivity index (χ2n) is 12.5. The van der Waals surface area contributed by atoms with Crippen molar-refractivity contribution in [1.82, 2.24) is 0 Å². The molecule has 8 nitrogen and oxygen atoms in total. The molecule has 0 heterocycles. The van der Waals surface area contributed by atoms with E-state index in [2.05, 4.69) is 0 Å². The highest BCUT2D eigenvalue weighted by molar-refractivity contribution is 5.95. The van der Waals surface area contributed by atoms with Crippen LogP contribution in [0.1, 0.15) is 75.1 Å². The van der Waals surface area contributed by atoms with E-state index in [1.807, 2.05) is 6.92 Å². The van der Waals surface area contributed by atoms with E-state index in [0.29, 0.717) is 16.7 Å². The summed E-state index contributed by atoms with van der Waals surface area (Å²) < 4.78 is 17.9. The van der Waals surface area contributed by atoms with Gasteiger partial charge in [-0.2, -0.15) is 0 Å². The summed E-state index contributed by atoms with van der Waals surface area (Å²) in [5.74, 6) is -4.43. The van der Waals surface area contributed by atoms with E-state index in [0.717, 1.165) is 0 Å². The highest BCUT2D eigenvalue weighted by atomic mass is 16.6. The molecule has 0 spiro atoms. The van der Waals surface area contributed by atoms with Crippen molar-refractivity contribution in [2.75, 3.05) is 0 Å². The van der Waals surface area contributed by atoms with Gasteiger partial charge in [0.15, 0.2) is 11.4 Å². The zero-order chi connectivity index (χ0) is 32.2. The number of Topliss-reactive ketones (excluding diaryl/α,β-unsaturated/α-hetero) is 2. The number of fused-ring (bicyclic) bond motifs is 1. The van der Waals surface area contributed by atoms with Crippen LogP contribution in [-0.2, 0) is 28.6 Å². The number of carbonyl (C=O) groups is 5. The topological polar surface area (TPSA) is 113 Å². The van der Waals surface area contributed by atoms with Crippen molar-refractivity contribution >= 4 is 29.5 Å². The Kier molecular flexibility index (Phi) is 9.72. The Morgan fingerprint density at radius 2 is 1.39 bits per heavy atom. The molecule has 0 aliphatic heterocycles. The Balaban J connectivity index is 1.86. The minimum Gasteiger partial charge on any atom is -0.458 e. The molecule has 0 saturated heterocycles. The molecule has 0 aromatic heterocycles. The van der Waals surface area contributed by atoms with Crippen LogP contribution < -0.4 is 0 Å². The zero-order valence-electron chi connectivity index (χ0n) is 26.1. The van der Waals surface area contributed by atoms with Gasteiger partial charge in [-0.25, -0.2) is 9.59 Å². The van der Waals surface area contributed by atoms with Crippen LogP contribution in [0.3, 0.4) is 0 Å². The molecular weight excluding hydrogens is 560 g/mol. The van der Waals surface area contributed by atoms with Gasteiger partial charge in [-0.05, 0) is 56.5 Å². The fourth-order valence-corrected chi connectivity index (χ4v) is 6.06. The first kappa shape index (κ1) is 32.6. The summed E-state index contributed by atoms with van der Waals surface area (Å²) in [5.41, 5.74) is -1.51. The van der Waals surface area contributed by atoms with Crippen LogP contribution in [0.2, 0.25) is 0 Å². The summed E-state index contributed by atoms with van der Waals surface area (Å²) in [6.45, 7) is 9.97. The van der Waals surface area contributed by atoms with Gasteiger partial charge >= 0.3 is 17.9 Å². The molecule has 6 atom stereocenters. The number of hydrogen-bond acceptors (Lipinski definition) is 8. The predicted octanol–water partition coefficient (Wildman–Crippen LogP) is 6.10. The molecule has 4 rings (SSSR count). The minimum absolute atomic E-state index is 0.113. The Morgan fingerprint density at radius 3 is 1.93 bits per heavy atom. The molecule has 2 aliphatic carbocycles. The lowest BCUT2D eigenvalue weighted by Gasteiger charge is -2.36. The van der Waals surface area contributed by atoms with Crippen LogP contribution in [0.25, 0.3) is 0 Å². The Labute approximate surface area is 258 Å². The van der Waals surface area contributed by atoms with E-state index < -0.39 is 53.0 Å². The highest BCUT2D eigenvalue weighted by Crippen LogP contribution is 2.48. The molecule has 44 heavy (non-hydrogen) atoms. The van der Waals surface area contributed by atoms with Crippen LogP contribution >= 0.6 is 0 Å². The van der Waals surface area contributed by atoms with Gasteiger partial charge in [0, 0.05) is 31.1 Å². The largest absolute Gasteiger partial charge is 0.458 e. The standard InChI is InChI=1S/C36H40O8/c1-22-17-18-35(5,6)30(38)20-29(42-33(40)26-13-9-7-10-14-26)23(2)19-28-31(43-34(41)27-15-11-8-12-16-27)24(3)21-36(28,32(22)39)44-25(4)37/h7-19,22,24,28-29,31H,20-21H2,1-6H3/t22-,24-,28+,29+,31+,36+/m0/s1. The van der Waals surface area contributed by atoms with Crippen molar-refractivity contribution in [2.24, 2.45) is 23.2 Å². The summed E-state index contributed by atoms with van der Waals surface area (Å²) in [6.07, 6.45) is 3.15. The summed E-state index contributed by atoms with van der Waals surface area (Å²) in [5, 5.41) is 0. The number of allylic oxidation sites excluding steroid dienone is 2. The number of carbonyl (C=O) groups excluding carboxylic acids is 5. The van der Waals surface area contributed by atoms with Crippen LogP contribution in [0.15, 0.2) is 84.5 Å². The van der Waals surface area contributed by atoms with Gasteiger partial charge in [-0.15, -0.1) is 0 Å². The molecule has 8 heteroatoms. The molecule has 0 amide bonds. The van der Waals surface area contributed by atoms with Crippen LogP contribution in [0, 0.1) is 23.2 Å². The maximum absolute atomic E-state index is 14.3. The van der Waals surface area contributed by atoms with Gasteiger partial charge in [0.1, 0.15) is 18.0 Å². The fourth-order valence-electron chi connectivity index (χ4n) is 6.06. The lowest BCUT2D eigenvalue weighted by atomic mass is 9.76. The smallest absolute Gasteiger partial charge is 0.338 e. The molecule has 0 bridgehead atoms. The van der Waals surface area contributed by atoms with Gasteiger partial charge in [-0.3, -0.25) is 14.4 Å². The average Bonchev–Trinajstić information content (AvgIpc) is 3.24. The number of ketones is 2. The van der Waals surface area contributed by atoms with Gasteiger partial charge in [-0.1, -0.05) is 68.5 Å². The third kappa shape index (κ3) is 6.90. The minimum atomic E-state index is -1.67. The number of rotatable bonds is 5. The van der Waals surface area contributed by atoms with Crippen LogP contribution in [-0.4, -0.2) is 47.3 Å². The first-order valence-corrected chi connectivity index (χ1v) is 14.9. The predicted molar refractivity (Wildman–Crippen MR) is 164 cm³/mol. The number of hydrogen-bond donors (Lipinski definition) is 0. The van der Waals surface area contributed by atoms with E-state index in [1.165, 1.54) is 6.92 Å². The van der Waals surface area contributed by atoms with E-state index in [9.17, 15) is 24.0 Å². The lowest BCUT2D eigenvalue weighted by molar-refractivity contribution is -0.171. The Morgan fingerprint density at radius 1 is 0.841 bits per heavy atom. The summed E-state index contributed by atoms with van der Waals surface area (Å²) in [4.78, 5) is 66.9. The summed E-state index contributed by atoms with van der Waals surface area (Å²) in [7, 11) is 0. The van der Waals surface area contributed by atoms with E-state index in [-0.39, 0.29) is 30.3 Å². The number of esters is 3. The van der Waals surface area contributed by atoms with Crippen LogP contribution in [0.5, 0.6) is 0 Å². The molecule has 2 aliphatic rings. The van der Waals surface area contributed by atoms with Crippen molar-refractivity contribution in [1.29, 1.82) is 0 Å². The molecule has 232 valence electrons. The second-order valence-corrected chi connectivity index (χ2v) is 12.5. The normalized spacial score (nSPS) is 28.5. The van der Waals surface area contributed by atoms with Gasteiger partial charge in [0.25, 0.3) is 0 Å². The maximum Gasteiger partial charge on any atom is 0.338 e. The maximum atomic E-state index is 14.3. The first-order valence-electron chi connectivity index (χ1n) is 14.9. The summed E-state index contributed by atoms with van der Waals surface area (Å²) in [6, 6.07) is 16.9. The van der Waals surface area contributed by atoms with E-state index >= 15 is 0 Å². The lowest BCUT2D eigenvalue weighted by Crippen LogP contribution is -2.50. The Hall–Kier alpha value is -4.33. The second kappa shape index (κ2) is 13.1. The Bertz CT molecular complexity index is 1470. The molecule has 0 unspecified atom stereocenters. The van der Waals surface area contributed by atoms with Crippen molar-refractivity contribution in [2.45, 2.75) is 72.2 Å². The van der Waals surface area contributed by atoms with Crippen molar-refractivity contribution < 1.29 is 38.2 Å². The first-order chi connectivity index (χ1) is 20.7. The number of ether oxygens (including phenoxy) is 3. The highest BCUT2D eigenvalue weighted by Gasteiger charge is 2.60. The van der Waals surface area contributed by atoms with Crippen molar-refractivity contribution in [3.8, 4) is 0 Å². The SMILES string of the molecule is CC(=O)O[C@]12C[C@H](C)[C@@H](OC(=O)c3ccccc3)[C@H]1C=C(C)[C@H](OC(=O)c1ccccc1)CC(=O)C(C)(C)C=C[C@H](C)C2=O. The zero-order valence-corrected chi connectivity index (χ0v) is 26.1. The molecule has 0 radical (unpaired) electrons. The van der Waals surface area contributed by atoms with Gasteiger partial charge in [0.2, 0.25) is 0 Å². The quantitative estimate of drug-likeness (QED) is 0.230. The van der Waals surface area contributed by atoms with Gasteiger partial charge in [0.05, 0.1) is 17.0 Å². The number of benzene rings is 2. The fraction of sp³-hybridized carbons (Fsp3) is 0.417. The van der Waals surface area contributed by atoms with Crippen LogP contribution in [0.4, 0.5) is 0 Å². The molecule has 2 aromatic carbocycles. The average molecular weight is 601 g/mol. The third-order valence-electron chi connectivity index (χ3n) is 8.59. The summed E-state index contributed by atoms with van der Waals surface area (Å²) >= 11 is 0. The third-order valence-corrected chi connectivity index (χ3v) is 8.59. The molecule has 2 aromatic rings. The van der Waals surface area contributed by atoms with E-state index in [4.69, 9.17) is 14.2 Å². The van der Waals surface area contributed by atoms with Crippen molar-refractivity contribution in [3.63, 3.8) is 0 Å². The molecule has 1 saturated carbocycles. The monoisotopic (exact) mass is 600 g/mol. The van der Waals surface area contributed by atoms with Crippen molar-refractivity contribution in [3.05, 3.63) is 95.6 Å². The van der Waals surface area contributed by atoms with Gasteiger partial charge < -0.3 is 14.2 Å². The molecular formula is C36H40O8. The molecule has 0 N–H and O–H groups in total.